The third kappa shape index (κ3) is 3.47. The molecular formula is C18H21N5O3. The number of hydrogen-bond donors (Lipinski definition) is 1. The van der Waals surface area contributed by atoms with Crippen molar-refractivity contribution in [2.45, 2.75) is 38.8 Å². The Bertz CT molecular complexity index is 834. The van der Waals surface area contributed by atoms with E-state index in [4.69, 9.17) is 9.84 Å². The summed E-state index contributed by atoms with van der Waals surface area (Å²) in [6.45, 7) is 4.64. The fourth-order valence-corrected chi connectivity index (χ4v) is 3.22. The molecule has 0 bridgehead atoms. The van der Waals surface area contributed by atoms with Gasteiger partial charge in [0, 0.05) is 24.8 Å². The van der Waals surface area contributed by atoms with Gasteiger partial charge in [0.2, 0.25) is 0 Å². The number of carboxylic acid groups (broad SMARTS) is 1. The highest BCUT2D eigenvalue weighted by molar-refractivity contribution is 5.65. The maximum atomic E-state index is 11.0. The molecule has 1 amide bonds. The number of amides is 1. The zero-order chi connectivity index (χ0) is 18.7. The van der Waals surface area contributed by atoms with E-state index in [0.717, 1.165) is 11.3 Å². The number of piperidine rings is 1. The molecule has 1 unspecified atom stereocenters. The standard InChI is InChI=1S/C18H21N5O3/c1-12-17(4-3-7-20-12)26-13(2)15-11-21-23(16(15)10-19)14-5-8-22(9-6-14)18(24)25/h3-4,7,11,13-14H,5-6,8-9H2,1-2H3,(H,24,25). The normalized spacial score (nSPS) is 16.1. The number of nitriles is 1. The predicted molar refractivity (Wildman–Crippen MR) is 92.8 cm³/mol. The number of aromatic nitrogens is 3. The molecule has 2 aromatic rings. The van der Waals surface area contributed by atoms with E-state index in [0.29, 0.717) is 37.4 Å². The maximum absolute atomic E-state index is 11.0. The zero-order valence-corrected chi connectivity index (χ0v) is 14.8. The molecule has 1 N–H and O–H groups in total. The van der Waals surface area contributed by atoms with Crippen molar-refractivity contribution in [3.63, 3.8) is 0 Å². The molecule has 1 aliphatic heterocycles. The van der Waals surface area contributed by atoms with Crippen LogP contribution in [0.1, 0.15) is 48.9 Å². The lowest BCUT2D eigenvalue weighted by molar-refractivity contribution is 0.123. The van der Waals surface area contributed by atoms with Gasteiger partial charge in [0.05, 0.1) is 17.9 Å². The Morgan fingerprint density at radius 2 is 2.19 bits per heavy atom. The number of ether oxygens (including phenoxy) is 1. The van der Waals surface area contributed by atoms with Crippen molar-refractivity contribution in [2.75, 3.05) is 13.1 Å². The highest BCUT2D eigenvalue weighted by Gasteiger charge is 2.27. The molecule has 1 saturated heterocycles. The Labute approximate surface area is 151 Å². The average molecular weight is 355 g/mol. The Kier molecular flexibility index (Phi) is 5.07. The molecule has 26 heavy (non-hydrogen) atoms. The largest absolute Gasteiger partial charge is 0.484 e. The van der Waals surface area contributed by atoms with E-state index in [9.17, 15) is 10.1 Å². The minimum atomic E-state index is -0.904. The molecule has 0 aromatic carbocycles. The Morgan fingerprint density at radius 1 is 1.46 bits per heavy atom. The van der Waals surface area contributed by atoms with Crippen LogP contribution >= 0.6 is 0 Å². The van der Waals surface area contributed by atoms with Crippen LogP contribution in [0, 0.1) is 18.3 Å². The summed E-state index contributed by atoms with van der Waals surface area (Å²) in [4.78, 5) is 16.6. The van der Waals surface area contributed by atoms with E-state index in [1.54, 1.807) is 23.1 Å². The van der Waals surface area contributed by atoms with Crippen molar-refractivity contribution in [3.8, 4) is 11.8 Å². The van der Waals surface area contributed by atoms with Gasteiger partial charge in [-0.2, -0.15) is 10.4 Å². The predicted octanol–water partition coefficient (Wildman–Crippen LogP) is 2.91. The van der Waals surface area contributed by atoms with E-state index >= 15 is 0 Å². The average Bonchev–Trinajstić information content (AvgIpc) is 3.07. The number of hydrogen-bond acceptors (Lipinski definition) is 5. The van der Waals surface area contributed by atoms with Gasteiger partial charge in [-0.25, -0.2) is 4.79 Å². The van der Waals surface area contributed by atoms with Crippen LogP contribution in [0.15, 0.2) is 24.5 Å². The van der Waals surface area contributed by atoms with E-state index in [1.807, 2.05) is 19.9 Å². The van der Waals surface area contributed by atoms with Gasteiger partial charge in [0.15, 0.2) is 0 Å². The number of carbonyl (C=O) groups is 1. The van der Waals surface area contributed by atoms with Crippen LogP contribution in [0.5, 0.6) is 5.75 Å². The molecule has 1 atom stereocenters. The van der Waals surface area contributed by atoms with Crippen LogP contribution < -0.4 is 4.74 Å². The van der Waals surface area contributed by atoms with Gasteiger partial charge in [-0.3, -0.25) is 9.67 Å². The van der Waals surface area contributed by atoms with Gasteiger partial charge in [-0.1, -0.05) is 0 Å². The van der Waals surface area contributed by atoms with Gasteiger partial charge in [-0.05, 0) is 38.8 Å². The minimum absolute atomic E-state index is 0.0151. The first-order chi connectivity index (χ1) is 12.5. The van der Waals surface area contributed by atoms with Crippen LogP contribution in [0.25, 0.3) is 0 Å². The summed E-state index contributed by atoms with van der Waals surface area (Å²) in [6.07, 6.45) is 3.39. The zero-order valence-electron chi connectivity index (χ0n) is 14.8. The quantitative estimate of drug-likeness (QED) is 0.904. The fourth-order valence-electron chi connectivity index (χ4n) is 3.22. The second-order valence-corrected chi connectivity index (χ2v) is 6.35. The lowest BCUT2D eigenvalue weighted by Crippen LogP contribution is -2.38. The summed E-state index contributed by atoms with van der Waals surface area (Å²) in [5.74, 6) is 0.673. The highest BCUT2D eigenvalue weighted by Crippen LogP contribution is 2.29. The molecule has 8 heteroatoms. The monoisotopic (exact) mass is 355 g/mol. The smallest absolute Gasteiger partial charge is 0.407 e. The number of nitrogens with zero attached hydrogens (tertiary/aromatic N) is 5. The number of rotatable bonds is 4. The number of likely N-dealkylation sites (tertiary alicyclic amines) is 1. The van der Waals surface area contributed by atoms with Crippen molar-refractivity contribution in [1.29, 1.82) is 5.26 Å². The van der Waals surface area contributed by atoms with Gasteiger partial charge < -0.3 is 14.7 Å². The second kappa shape index (κ2) is 7.44. The maximum Gasteiger partial charge on any atom is 0.407 e. The van der Waals surface area contributed by atoms with Gasteiger partial charge in [0.25, 0.3) is 0 Å². The minimum Gasteiger partial charge on any atom is -0.484 e. The second-order valence-electron chi connectivity index (χ2n) is 6.35. The van der Waals surface area contributed by atoms with Crippen LogP contribution in [0.3, 0.4) is 0 Å². The number of pyridine rings is 1. The van der Waals surface area contributed by atoms with E-state index in [1.165, 1.54) is 4.90 Å². The third-order valence-electron chi connectivity index (χ3n) is 4.71. The molecular weight excluding hydrogens is 334 g/mol. The molecule has 0 radical (unpaired) electrons. The molecule has 8 nitrogen and oxygen atoms in total. The number of aryl methyl sites for hydroxylation is 1. The van der Waals surface area contributed by atoms with E-state index < -0.39 is 6.09 Å². The first kappa shape index (κ1) is 17.7. The summed E-state index contributed by atoms with van der Waals surface area (Å²) in [5, 5.41) is 23.1. The fraction of sp³-hybridized carbons (Fsp3) is 0.444. The van der Waals surface area contributed by atoms with Crippen LogP contribution in [-0.2, 0) is 0 Å². The first-order valence-corrected chi connectivity index (χ1v) is 8.55. The summed E-state index contributed by atoms with van der Waals surface area (Å²) in [6, 6.07) is 5.90. The third-order valence-corrected chi connectivity index (χ3v) is 4.71. The molecule has 1 fully saturated rings. The highest BCUT2D eigenvalue weighted by atomic mass is 16.5. The molecule has 136 valence electrons. The molecule has 3 rings (SSSR count). The Balaban J connectivity index is 1.77. The van der Waals surface area contributed by atoms with Gasteiger partial charge >= 0.3 is 6.09 Å². The van der Waals surface area contributed by atoms with Crippen LogP contribution in [0.2, 0.25) is 0 Å². The molecule has 1 aliphatic rings. The summed E-state index contributed by atoms with van der Waals surface area (Å²) < 4.78 is 7.68. The van der Waals surface area contributed by atoms with Crippen molar-refractivity contribution in [2.24, 2.45) is 0 Å². The van der Waals surface area contributed by atoms with Crippen molar-refractivity contribution in [3.05, 3.63) is 41.5 Å². The topological polar surface area (TPSA) is 104 Å². The summed E-state index contributed by atoms with van der Waals surface area (Å²) in [5.41, 5.74) is 1.97. The molecule has 3 heterocycles. The van der Waals surface area contributed by atoms with Gasteiger partial charge in [-0.15, -0.1) is 0 Å². The summed E-state index contributed by atoms with van der Waals surface area (Å²) in [7, 11) is 0. The SMILES string of the molecule is Cc1ncccc1OC(C)c1cnn(C2CCN(C(=O)O)CC2)c1C#N. The first-order valence-electron chi connectivity index (χ1n) is 8.55. The van der Waals surface area contributed by atoms with Crippen LogP contribution in [0.4, 0.5) is 4.79 Å². The lowest BCUT2D eigenvalue weighted by Gasteiger charge is -2.30. The van der Waals surface area contributed by atoms with Gasteiger partial charge in [0.1, 0.15) is 23.6 Å². The molecule has 2 aromatic heterocycles. The summed E-state index contributed by atoms with van der Waals surface area (Å²) >= 11 is 0. The molecule has 0 aliphatic carbocycles. The van der Waals surface area contributed by atoms with E-state index in [2.05, 4.69) is 16.2 Å². The van der Waals surface area contributed by atoms with Crippen molar-refractivity contribution < 1.29 is 14.6 Å². The van der Waals surface area contributed by atoms with Crippen molar-refractivity contribution in [1.82, 2.24) is 19.7 Å². The van der Waals surface area contributed by atoms with Crippen molar-refractivity contribution >= 4 is 6.09 Å². The molecule has 0 saturated carbocycles. The van der Waals surface area contributed by atoms with E-state index in [-0.39, 0.29) is 12.1 Å². The Hall–Kier alpha value is -3.08. The molecule has 0 spiro atoms. The van der Waals surface area contributed by atoms with Crippen LogP contribution in [-0.4, -0.2) is 44.0 Å². The Morgan fingerprint density at radius 3 is 2.81 bits per heavy atom. The lowest BCUT2D eigenvalue weighted by atomic mass is 10.0.